The summed E-state index contributed by atoms with van der Waals surface area (Å²) in [7, 11) is 0. The van der Waals surface area contributed by atoms with Crippen molar-refractivity contribution in [3.05, 3.63) is 12.7 Å². The molecule has 160 valence electrons. The topological polar surface area (TPSA) is 76.0 Å². The van der Waals surface area contributed by atoms with Crippen LogP contribution in [0.15, 0.2) is 12.7 Å². The number of unbranched alkanes of at least 4 members (excludes halogenated alkanes) is 14. The Morgan fingerprint density at radius 3 is 1.41 bits per heavy atom. The lowest BCUT2D eigenvalue weighted by Crippen LogP contribution is -2.01. The molecule has 0 aromatic rings. The predicted octanol–water partition coefficient (Wildman–Crippen LogP) is 5.79. The summed E-state index contributed by atoms with van der Waals surface area (Å²) in [6.07, 6.45) is 19.4. The quantitative estimate of drug-likeness (QED) is 0.112. The van der Waals surface area contributed by atoms with Gasteiger partial charge in [-0.15, -0.1) is 0 Å². The maximum atomic E-state index is 10.9. The lowest BCUT2D eigenvalue weighted by molar-refractivity contribution is -0.137. The van der Waals surface area contributed by atoms with Crippen molar-refractivity contribution in [2.24, 2.45) is 0 Å². The Kier molecular flexibility index (Phi) is 18.9. The third-order valence-electron chi connectivity index (χ3n) is 4.46. The Bertz CT molecular complexity index is 411. The summed E-state index contributed by atoms with van der Waals surface area (Å²) in [6.45, 7) is 0.792. The number of rotatable bonds is 20. The van der Waals surface area contributed by atoms with Gasteiger partial charge in [0.15, 0.2) is 0 Å². The maximum Gasteiger partial charge on any atom is 0.330 e. The molecule has 0 fully saturated rings. The van der Waals surface area contributed by atoms with Gasteiger partial charge in [-0.2, -0.15) is 0 Å². The molecule has 0 atom stereocenters. The fraction of sp³-hybridized carbons (Fsp3) is 0.850. The van der Waals surface area contributed by atoms with Gasteiger partial charge >= 0.3 is 12.7 Å². The molecule has 0 aliphatic rings. The first-order chi connectivity index (χ1) is 13.0. The summed E-state index contributed by atoms with van der Waals surface area (Å²) in [5.41, 5.74) is 0. The van der Waals surface area contributed by atoms with Gasteiger partial charge < -0.3 is 19.0 Å². The van der Waals surface area contributed by atoms with E-state index in [4.69, 9.17) is 19.0 Å². The summed E-state index contributed by atoms with van der Waals surface area (Å²) in [5, 5.41) is 0. The van der Waals surface area contributed by atoms with Crippen LogP contribution in [0.1, 0.15) is 96.3 Å². The van der Waals surface area contributed by atoms with Crippen molar-refractivity contribution in [1.29, 1.82) is 0 Å². The molecule has 0 saturated heterocycles. The fourth-order valence-electron chi connectivity index (χ4n) is 2.92. The zero-order valence-electron chi connectivity index (χ0n) is 16.8. The van der Waals surface area contributed by atoms with Crippen LogP contribution in [0.25, 0.3) is 0 Å². The molecule has 2 N–H and O–H groups in total. The Hall–Kier alpha value is -0.260. The maximum absolute atomic E-state index is 10.9. The van der Waals surface area contributed by atoms with Gasteiger partial charge in [-0.25, -0.2) is 4.79 Å². The highest BCUT2D eigenvalue weighted by molar-refractivity contribution is 8.06. The number of hydrogen-bond acceptors (Lipinski definition) is 4. The first-order valence-corrected chi connectivity index (χ1v) is 13.1. The van der Waals surface area contributed by atoms with E-state index in [1.807, 2.05) is 0 Å². The summed E-state index contributed by atoms with van der Waals surface area (Å²) < 4.78 is 9.73. The second-order valence-electron chi connectivity index (χ2n) is 7.00. The van der Waals surface area contributed by atoms with Gasteiger partial charge in [0, 0.05) is 6.08 Å². The number of esters is 1. The van der Waals surface area contributed by atoms with Crippen molar-refractivity contribution < 1.29 is 23.8 Å². The monoisotopic (exact) mass is 422 g/mol. The Morgan fingerprint density at radius 1 is 0.741 bits per heavy atom. The van der Waals surface area contributed by atoms with E-state index >= 15 is 0 Å². The van der Waals surface area contributed by atoms with Gasteiger partial charge in [-0.3, -0.25) is 0 Å². The molecule has 0 amide bonds. The molecule has 0 aliphatic carbocycles. The molecule has 0 rings (SSSR count). The molecule has 7 heteroatoms. The van der Waals surface area contributed by atoms with Crippen molar-refractivity contribution in [3.8, 4) is 0 Å². The normalized spacial score (nSPS) is 11.5. The third kappa shape index (κ3) is 23.7. The van der Waals surface area contributed by atoms with E-state index in [2.05, 4.69) is 18.4 Å². The Labute approximate surface area is 170 Å². The predicted molar refractivity (Wildman–Crippen MR) is 115 cm³/mol. The molecule has 0 heterocycles. The van der Waals surface area contributed by atoms with E-state index in [1.54, 1.807) is 0 Å². The van der Waals surface area contributed by atoms with Crippen molar-refractivity contribution >= 4 is 24.5 Å². The highest BCUT2D eigenvalue weighted by Crippen LogP contribution is 2.36. The summed E-state index contributed by atoms with van der Waals surface area (Å²) in [4.78, 5) is 28.7. The van der Waals surface area contributed by atoms with Crippen molar-refractivity contribution in [1.82, 2.24) is 0 Å². The summed E-state index contributed by atoms with van der Waals surface area (Å²) in [6, 6.07) is 0. The molecule has 0 aromatic carbocycles. The van der Waals surface area contributed by atoms with E-state index in [9.17, 15) is 4.79 Å². The molecule has 0 bridgehead atoms. The fourth-order valence-corrected chi connectivity index (χ4v) is 3.51. The average molecular weight is 423 g/mol. The van der Waals surface area contributed by atoms with Crippen LogP contribution >= 0.6 is 6.72 Å². The molecular formula is C20H39O5PS. The van der Waals surface area contributed by atoms with Crippen LogP contribution in [0.5, 0.6) is 0 Å². The Balaban J connectivity index is 3.08. The van der Waals surface area contributed by atoms with E-state index in [1.165, 1.54) is 76.7 Å². The lowest BCUT2D eigenvalue weighted by Gasteiger charge is -2.07. The summed E-state index contributed by atoms with van der Waals surface area (Å²) in [5.74, 6) is -0.324. The van der Waals surface area contributed by atoms with Crippen LogP contribution in [0.2, 0.25) is 0 Å². The van der Waals surface area contributed by atoms with E-state index < -0.39 is 6.72 Å². The van der Waals surface area contributed by atoms with Crippen LogP contribution in [0.4, 0.5) is 0 Å². The molecule has 0 unspecified atom stereocenters. The van der Waals surface area contributed by atoms with E-state index in [-0.39, 0.29) is 5.97 Å². The van der Waals surface area contributed by atoms with Crippen LogP contribution in [0, 0.1) is 0 Å². The molecule has 0 saturated carbocycles. The molecule has 27 heavy (non-hydrogen) atoms. The second-order valence-corrected chi connectivity index (χ2v) is 9.67. The smallest absolute Gasteiger partial charge is 0.330 e. The Morgan fingerprint density at radius 2 is 1.07 bits per heavy atom. The lowest BCUT2D eigenvalue weighted by atomic mass is 10.0. The van der Waals surface area contributed by atoms with Gasteiger partial charge in [0.25, 0.3) is 0 Å². The minimum atomic E-state index is -3.45. The summed E-state index contributed by atoms with van der Waals surface area (Å²) >= 11 is 4.39. The largest absolute Gasteiger partial charge is 0.463 e. The van der Waals surface area contributed by atoms with Crippen molar-refractivity contribution in [3.63, 3.8) is 0 Å². The number of ether oxygens (including phenoxy) is 1. The third-order valence-corrected chi connectivity index (χ3v) is 5.29. The zero-order valence-corrected chi connectivity index (χ0v) is 18.5. The molecule has 0 spiro atoms. The van der Waals surface area contributed by atoms with E-state index in [0.717, 1.165) is 25.7 Å². The van der Waals surface area contributed by atoms with Crippen molar-refractivity contribution in [2.45, 2.75) is 96.3 Å². The molecule has 0 aromatic heterocycles. The minimum Gasteiger partial charge on any atom is -0.463 e. The molecule has 0 radical (unpaired) electrons. The number of carbonyl (C=O) groups is 1. The van der Waals surface area contributed by atoms with Crippen molar-refractivity contribution in [2.75, 3.05) is 13.2 Å². The molecule has 5 nitrogen and oxygen atoms in total. The van der Waals surface area contributed by atoms with Gasteiger partial charge in [0.1, 0.15) is 0 Å². The average Bonchev–Trinajstić information content (AvgIpc) is 2.62. The molecular weight excluding hydrogens is 383 g/mol. The first-order valence-electron chi connectivity index (χ1n) is 10.4. The second kappa shape index (κ2) is 19.1. The van der Waals surface area contributed by atoms with Crippen LogP contribution in [-0.2, 0) is 25.9 Å². The van der Waals surface area contributed by atoms with Gasteiger partial charge in [-0.05, 0) is 24.6 Å². The van der Waals surface area contributed by atoms with Crippen LogP contribution in [-0.4, -0.2) is 29.0 Å². The highest BCUT2D eigenvalue weighted by atomic mass is 32.5. The first kappa shape index (κ1) is 26.7. The van der Waals surface area contributed by atoms with Crippen LogP contribution in [0.3, 0.4) is 0 Å². The van der Waals surface area contributed by atoms with Gasteiger partial charge in [0.2, 0.25) is 0 Å². The van der Waals surface area contributed by atoms with Gasteiger partial charge in [-0.1, -0.05) is 90.0 Å². The standard InChI is InChI=1S/C20H39O5PS/c1-2-20(21)24-18-16-14-12-10-8-6-4-3-5-7-9-11-13-15-17-19-25-26(22,23)27/h2H,1,3-19H2,(H2,22,23,27). The number of carbonyl (C=O) groups excluding carboxylic acids is 1. The van der Waals surface area contributed by atoms with Crippen LogP contribution < -0.4 is 0 Å². The zero-order chi connectivity index (χ0) is 20.2. The molecule has 0 aliphatic heterocycles. The number of hydrogen-bond donors (Lipinski definition) is 2. The van der Waals surface area contributed by atoms with E-state index in [0.29, 0.717) is 13.2 Å². The SMILES string of the molecule is C=CC(=O)OCCCCCCCCCCCCCCCCCOP(O)(O)=S. The van der Waals surface area contributed by atoms with Gasteiger partial charge in [0.05, 0.1) is 13.2 Å². The highest BCUT2D eigenvalue weighted by Gasteiger charge is 2.06. The minimum absolute atomic E-state index is 0.324.